The Balaban J connectivity index is 1.50. The molecule has 29 heavy (non-hydrogen) atoms. The van der Waals surface area contributed by atoms with Crippen LogP contribution in [-0.2, 0) is 4.79 Å². The second kappa shape index (κ2) is 6.62. The monoisotopic (exact) mass is 391 g/mol. The van der Waals surface area contributed by atoms with E-state index < -0.39 is 18.0 Å². The lowest BCUT2D eigenvalue weighted by molar-refractivity contribution is -0.118. The molecule has 2 unspecified atom stereocenters. The van der Waals surface area contributed by atoms with Gasteiger partial charge in [-0.1, -0.05) is 12.1 Å². The van der Waals surface area contributed by atoms with E-state index in [0.29, 0.717) is 28.5 Å². The van der Waals surface area contributed by atoms with E-state index in [0.717, 1.165) is 10.9 Å². The summed E-state index contributed by atoms with van der Waals surface area (Å²) in [6, 6.07) is 9.74. The molecule has 5 rings (SSSR count). The van der Waals surface area contributed by atoms with Crippen molar-refractivity contribution >= 4 is 34.2 Å². The number of carbonyl (C=O) groups excluding carboxylic acids is 2. The lowest BCUT2D eigenvalue weighted by Gasteiger charge is -2.30. The number of anilines is 1. The van der Waals surface area contributed by atoms with Gasteiger partial charge in [0.15, 0.2) is 11.5 Å². The number of H-pyrrole nitrogens is 1. The molecular weight excluding hydrogens is 374 g/mol. The van der Waals surface area contributed by atoms with E-state index in [1.807, 2.05) is 18.2 Å². The number of nitrogens with zero attached hydrogens (tertiary/aromatic N) is 2. The highest BCUT2D eigenvalue weighted by atomic mass is 16.7. The number of fused-ring (bicyclic) bond motifs is 2. The molecule has 0 radical (unpaired) electrons. The quantitative estimate of drug-likeness (QED) is 0.635. The molecular formula is C20H17N5O4. The minimum Gasteiger partial charge on any atom is -0.454 e. The zero-order valence-corrected chi connectivity index (χ0v) is 15.4. The van der Waals surface area contributed by atoms with Crippen LogP contribution in [0.15, 0.2) is 47.6 Å². The largest absolute Gasteiger partial charge is 0.454 e. The normalized spacial score (nSPS) is 20.3. The van der Waals surface area contributed by atoms with Gasteiger partial charge in [-0.25, -0.2) is 9.79 Å². The molecule has 3 heterocycles. The van der Waals surface area contributed by atoms with Gasteiger partial charge in [-0.3, -0.25) is 9.89 Å². The molecule has 9 nitrogen and oxygen atoms in total. The lowest BCUT2D eigenvalue weighted by atomic mass is 9.86. The summed E-state index contributed by atoms with van der Waals surface area (Å²) in [5.41, 5.74) is 2.61. The molecule has 3 amide bonds. The van der Waals surface area contributed by atoms with Gasteiger partial charge in [-0.05, 0) is 31.2 Å². The molecule has 3 N–H and O–H groups in total. The highest BCUT2D eigenvalue weighted by Gasteiger charge is 2.39. The van der Waals surface area contributed by atoms with Crippen molar-refractivity contribution in [3.63, 3.8) is 0 Å². The predicted molar refractivity (Wildman–Crippen MR) is 105 cm³/mol. The number of benzene rings is 2. The van der Waals surface area contributed by atoms with Crippen molar-refractivity contribution in [2.24, 2.45) is 10.9 Å². The third-order valence-electron chi connectivity index (χ3n) is 5.09. The lowest BCUT2D eigenvalue weighted by Crippen LogP contribution is -2.45. The molecule has 0 saturated heterocycles. The van der Waals surface area contributed by atoms with Gasteiger partial charge in [-0.2, -0.15) is 5.10 Å². The number of rotatable bonds is 3. The second-order valence-corrected chi connectivity index (χ2v) is 6.90. The van der Waals surface area contributed by atoms with Gasteiger partial charge < -0.3 is 20.1 Å². The molecule has 2 aliphatic heterocycles. The van der Waals surface area contributed by atoms with Crippen LogP contribution in [0.4, 0.5) is 10.5 Å². The van der Waals surface area contributed by atoms with E-state index in [2.05, 4.69) is 25.8 Å². The van der Waals surface area contributed by atoms with Crippen LogP contribution < -0.4 is 20.1 Å². The summed E-state index contributed by atoms with van der Waals surface area (Å²) >= 11 is 0. The number of aliphatic imine (C=N–C) groups is 1. The third-order valence-corrected chi connectivity index (χ3v) is 5.09. The first-order chi connectivity index (χ1) is 14.1. The maximum atomic E-state index is 13.2. The van der Waals surface area contributed by atoms with Gasteiger partial charge in [0.1, 0.15) is 5.92 Å². The van der Waals surface area contributed by atoms with Gasteiger partial charge in [0, 0.05) is 22.3 Å². The average Bonchev–Trinajstić information content (AvgIpc) is 3.35. The van der Waals surface area contributed by atoms with Crippen LogP contribution >= 0.6 is 0 Å². The number of hydrogen-bond acceptors (Lipinski definition) is 5. The van der Waals surface area contributed by atoms with Crippen LogP contribution in [0, 0.1) is 5.92 Å². The molecule has 0 aliphatic carbocycles. The molecule has 2 atom stereocenters. The maximum Gasteiger partial charge on any atom is 0.341 e. The summed E-state index contributed by atoms with van der Waals surface area (Å²) in [6.07, 6.45) is 1.69. The van der Waals surface area contributed by atoms with E-state index in [1.165, 1.54) is 0 Å². The van der Waals surface area contributed by atoms with E-state index >= 15 is 0 Å². The number of ether oxygens (including phenoxy) is 2. The molecule has 0 bridgehead atoms. The van der Waals surface area contributed by atoms with Crippen molar-refractivity contribution < 1.29 is 19.1 Å². The molecule has 0 fully saturated rings. The zero-order valence-electron chi connectivity index (χ0n) is 15.4. The highest BCUT2D eigenvalue weighted by Crippen LogP contribution is 2.41. The molecule has 1 aromatic heterocycles. The minimum absolute atomic E-state index is 0.0989. The SMILES string of the molecule is CC1=NC(=O)NC(c2cccc3c2OCO3)C1C(=O)Nc1ccc2[nH]ncc2c1. The summed E-state index contributed by atoms with van der Waals surface area (Å²) < 4.78 is 11.0. The number of aromatic nitrogens is 2. The Morgan fingerprint density at radius 1 is 1.24 bits per heavy atom. The Morgan fingerprint density at radius 2 is 2.14 bits per heavy atom. The molecule has 9 heteroatoms. The number of carbonyl (C=O) groups is 2. The maximum absolute atomic E-state index is 13.2. The molecule has 146 valence electrons. The minimum atomic E-state index is -0.705. The fourth-order valence-corrected chi connectivity index (χ4v) is 3.76. The van der Waals surface area contributed by atoms with E-state index in [-0.39, 0.29) is 12.7 Å². The number of aromatic amines is 1. The van der Waals surface area contributed by atoms with Crippen molar-refractivity contribution in [2.75, 3.05) is 12.1 Å². The van der Waals surface area contributed by atoms with Gasteiger partial charge in [0.25, 0.3) is 0 Å². The fraction of sp³-hybridized carbons (Fsp3) is 0.200. The number of urea groups is 1. The zero-order chi connectivity index (χ0) is 20.0. The van der Waals surface area contributed by atoms with E-state index in [9.17, 15) is 9.59 Å². The molecule has 2 aromatic carbocycles. The van der Waals surface area contributed by atoms with Gasteiger partial charge in [0.2, 0.25) is 12.7 Å². The molecule has 0 spiro atoms. The van der Waals surface area contributed by atoms with Crippen molar-refractivity contribution in [3.05, 3.63) is 48.2 Å². The van der Waals surface area contributed by atoms with Crippen molar-refractivity contribution in [3.8, 4) is 11.5 Å². The predicted octanol–water partition coefficient (Wildman–Crippen LogP) is 2.77. The molecule has 0 saturated carbocycles. The number of amides is 3. The van der Waals surface area contributed by atoms with Gasteiger partial charge in [-0.15, -0.1) is 0 Å². The first kappa shape index (κ1) is 17.2. The summed E-state index contributed by atoms with van der Waals surface area (Å²) in [6.45, 7) is 1.78. The molecule has 3 aromatic rings. The van der Waals surface area contributed by atoms with Crippen molar-refractivity contribution in [1.29, 1.82) is 0 Å². The van der Waals surface area contributed by atoms with Crippen LogP contribution in [-0.4, -0.2) is 34.6 Å². The standard InChI is InChI=1S/C20H17N5O4/c1-10-16(19(26)23-12-5-6-14-11(7-12)8-21-25-14)17(24-20(27)22-10)13-3-2-4-15-18(13)29-9-28-15/h2-8,16-17H,9H2,1H3,(H,21,25)(H,23,26)(H,24,27). The van der Waals surface area contributed by atoms with Crippen LogP contribution in [0.5, 0.6) is 11.5 Å². The summed E-state index contributed by atoms with van der Waals surface area (Å²) in [7, 11) is 0. The highest BCUT2D eigenvalue weighted by molar-refractivity contribution is 6.13. The van der Waals surface area contributed by atoms with Crippen molar-refractivity contribution in [1.82, 2.24) is 15.5 Å². The first-order valence-corrected chi connectivity index (χ1v) is 9.08. The number of hydrogen-bond donors (Lipinski definition) is 3. The molecule has 2 aliphatic rings. The Bertz CT molecular complexity index is 1170. The van der Waals surface area contributed by atoms with Crippen LogP contribution in [0.3, 0.4) is 0 Å². The summed E-state index contributed by atoms with van der Waals surface area (Å²) in [4.78, 5) is 29.2. The Kier molecular flexibility index (Phi) is 3.94. The Labute approximate surface area is 165 Å². The topological polar surface area (TPSA) is 118 Å². The van der Waals surface area contributed by atoms with Crippen LogP contribution in [0.25, 0.3) is 10.9 Å². The fourth-order valence-electron chi connectivity index (χ4n) is 3.76. The summed E-state index contributed by atoms with van der Waals surface area (Å²) in [5, 5.41) is 13.5. The third kappa shape index (κ3) is 2.96. The van der Waals surface area contributed by atoms with Crippen LogP contribution in [0.2, 0.25) is 0 Å². The Hall–Kier alpha value is -3.88. The second-order valence-electron chi connectivity index (χ2n) is 6.90. The smallest absolute Gasteiger partial charge is 0.341 e. The van der Waals surface area contributed by atoms with Gasteiger partial charge in [0.05, 0.1) is 17.8 Å². The van der Waals surface area contributed by atoms with E-state index in [1.54, 1.807) is 31.3 Å². The average molecular weight is 391 g/mol. The van der Waals surface area contributed by atoms with E-state index in [4.69, 9.17) is 9.47 Å². The Morgan fingerprint density at radius 3 is 3.03 bits per heavy atom. The number of nitrogens with one attached hydrogen (secondary N) is 3. The summed E-state index contributed by atoms with van der Waals surface area (Å²) in [5.74, 6) is 0.130. The van der Waals surface area contributed by atoms with Gasteiger partial charge >= 0.3 is 6.03 Å². The van der Waals surface area contributed by atoms with Crippen molar-refractivity contribution in [2.45, 2.75) is 13.0 Å². The van der Waals surface area contributed by atoms with Crippen LogP contribution in [0.1, 0.15) is 18.5 Å². The first-order valence-electron chi connectivity index (χ1n) is 9.08. The number of para-hydroxylation sites is 1.